The predicted molar refractivity (Wildman–Crippen MR) is 65.1 cm³/mol. The highest BCUT2D eigenvalue weighted by molar-refractivity contribution is 7.12. The van der Waals surface area contributed by atoms with Crippen molar-refractivity contribution in [3.8, 4) is 0 Å². The third-order valence-electron chi connectivity index (χ3n) is 2.98. The molecule has 2 atom stereocenters. The van der Waals surface area contributed by atoms with E-state index in [1.54, 1.807) is 20.3 Å². The molecule has 1 aromatic rings. The summed E-state index contributed by atoms with van der Waals surface area (Å²) in [5.74, 6) is -0.882. The van der Waals surface area contributed by atoms with Gasteiger partial charge in [-0.05, 0) is 6.07 Å². The average Bonchev–Trinajstić information content (AvgIpc) is 2.94. The molecule has 2 rings (SSSR count). The van der Waals surface area contributed by atoms with Crippen LogP contribution in [0.25, 0.3) is 0 Å². The number of aromatic carboxylic acids is 1. The maximum absolute atomic E-state index is 10.8. The average molecular weight is 257 g/mol. The highest BCUT2D eigenvalue weighted by Crippen LogP contribution is 2.28. The molecule has 94 valence electrons. The molecular weight excluding hydrogens is 242 g/mol. The van der Waals surface area contributed by atoms with E-state index >= 15 is 0 Å². The number of rotatable bonds is 4. The van der Waals surface area contributed by atoms with Crippen LogP contribution in [-0.2, 0) is 9.47 Å². The largest absolute Gasteiger partial charge is 0.477 e. The molecule has 6 heteroatoms. The first-order valence-electron chi connectivity index (χ1n) is 5.28. The maximum atomic E-state index is 10.8. The Morgan fingerprint density at radius 2 is 2.00 bits per heavy atom. The first kappa shape index (κ1) is 12.3. The second kappa shape index (κ2) is 5.03. The van der Waals surface area contributed by atoms with E-state index in [0.717, 1.165) is 18.8 Å². The van der Waals surface area contributed by atoms with Crippen molar-refractivity contribution >= 4 is 23.0 Å². The summed E-state index contributed by atoms with van der Waals surface area (Å²) in [4.78, 5) is 13.3. The van der Waals surface area contributed by atoms with Crippen molar-refractivity contribution in [2.24, 2.45) is 0 Å². The van der Waals surface area contributed by atoms with Gasteiger partial charge < -0.3 is 19.5 Å². The Hall–Kier alpha value is -1.11. The highest BCUT2D eigenvalue weighted by Gasteiger charge is 2.33. The highest BCUT2D eigenvalue weighted by atomic mass is 32.1. The smallest absolute Gasteiger partial charge is 0.345 e. The summed E-state index contributed by atoms with van der Waals surface area (Å²) in [6, 6.07) is 1.69. The number of hydrogen-bond donors (Lipinski definition) is 1. The normalized spacial score (nSPS) is 24.2. The number of thiophene rings is 1. The van der Waals surface area contributed by atoms with Gasteiger partial charge in [-0.3, -0.25) is 0 Å². The minimum Gasteiger partial charge on any atom is -0.477 e. The molecular formula is C11H15NO4S. The van der Waals surface area contributed by atoms with Crippen LogP contribution in [0.5, 0.6) is 0 Å². The zero-order valence-corrected chi connectivity index (χ0v) is 10.6. The minimum absolute atomic E-state index is 0.0354. The monoisotopic (exact) mass is 257 g/mol. The molecule has 1 aliphatic heterocycles. The predicted octanol–water partition coefficient (Wildman–Crippen LogP) is 1.30. The number of methoxy groups -OCH3 is 2. The van der Waals surface area contributed by atoms with E-state index in [9.17, 15) is 4.79 Å². The van der Waals surface area contributed by atoms with Crippen LogP contribution in [0.15, 0.2) is 11.4 Å². The molecule has 2 unspecified atom stereocenters. The van der Waals surface area contributed by atoms with Crippen molar-refractivity contribution in [2.75, 3.05) is 32.2 Å². The molecule has 0 saturated carbocycles. The van der Waals surface area contributed by atoms with Gasteiger partial charge in [-0.2, -0.15) is 0 Å². The van der Waals surface area contributed by atoms with E-state index < -0.39 is 5.97 Å². The summed E-state index contributed by atoms with van der Waals surface area (Å²) >= 11 is 1.24. The maximum Gasteiger partial charge on any atom is 0.345 e. The van der Waals surface area contributed by atoms with E-state index in [1.807, 2.05) is 5.38 Å². The van der Waals surface area contributed by atoms with Gasteiger partial charge in [-0.15, -0.1) is 11.3 Å². The molecule has 1 aliphatic rings. The van der Waals surface area contributed by atoms with Crippen molar-refractivity contribution in [1.29, 1.82) is 0 Å². The molecule has 0 radical (unpaired) electrons. The van der Waals surface area contributed by atoms with Crippen LogP contribution in [0.2, 0.25) is 0 Å². The second-order valence-electron chi connectivity index (χ2n) is 3.93. The molecule has 0 spiro atoms. The van der Waals surface area contributed by atoms with Crippen LogP contribution in [0.1, 0.15) is 9.67 Å². The summed E-state index contributed by atoms with van der Waals surface area (Å²) in [5.41, 5.74) is 0.925. The number of ether oxygens (including phenoxy) is 2. The molecule has 0 aromatic carbocycles. The van der Waals surface area contributed by atoms with Crippen molar-refractivity contribution in [1.82, 2.24) is 0 Å². The molecule has 0 amide bonds. The quantitative estimate of drug-likeness (QED) is 0.881. The van der Waals surface area contributed by atoms with Gasteiger partial charge in [0.15, 0.2) is 0 Å². The van der Waals surface area contributed by atoms with Crippen LogP contribution in [0.3, 0.4) is 0 Å². The van der Waals surface area contributed by atoms with Crippen LogP contribution < -0.4 is 4.90 Å². The van der Waals surface area contributed by atoms with Crippen LogP contribution in [0.4, 0.5) is 5.69 Å². The zero-order valence-electron chi connectivity index (χ0n) is 9.75. The first-order chi connectivity index (χ1) is 8.15. The van der Waals surface area contributed by atoms with E-state index in [0.29, 0.717) is 4.88 Å². The first-order valence-corrected chi connectivity index (χ1v) is 6.16. The minimum atomic E-state index is -0.882. The van der Waals surface area contributed by atoms with Crippen molar-refractivity contribution in [3.63, 3.8) is 0 Å². The number of anilines is 1. The van der Waals surface area contributed by atoms with Gasteiger partial charge in [0, 0.05) is 38.4 Å². The third-order valence-corrected chi connectivity index (χ3v) is 3.89. The fourth-order valence-corrected chi connectivity index (χ4v) is 2.77. The molecule has 17 heavy (non-hydrogen) atoms. The van der Waals surface area contributed by atoms with E-state index in [2.05, 4.69) is 4.90 Å². The van der Waals surface area contributed by atoms with Gasteiger partial charge in [0.25, 0.3) is 0 Å². The van der Waals surface area contributed by atoms with Gasteiger partial charge in [-0.1, -0.05) is 0 Å². The van der Waals surface area contributed by atoms with Crippen LogP contribution in [0, 0.1) is 0 Å². The van der Waals surface area contributed by atoms with Gasteiger partial charge >= 0.3 is 5.97 Å². The van der Waals surface area contributed by atoms with Crippen molar-refractivity contribution in [3.05, 3.63) is 16.3 Å². The van der Waals surface area contributed by atoms with Gasteiger partial charge in [0.1, 0.15) is 17.1 Å². The number of carboxylic acids is 1. The Bertz CT molecular complexity index is 394. The lowest BCUT2D eigenvalue weighted by molar-refractivity contribution is -0.00461. The summed E-state index contributed by atoms with van der Waals surface area (Å²) < 4.78 is 10.7. The van der Waals surface area contributed by atoms with Gasteiger partial charge in [-0.25, -0.2) is 4.79 Å². The second-order valence-corrected chi connectivity index (χ2v) is 4.84. The Labute approximate surface area is 104 Å². The molecule has 0 bridgehead atoms. The fourth-order valence-electron chi connectivity index (χ4n) is 2.01. The van der Waals surface area contributed by atoms with Crippen LogP contribution >= 0.6 is 11.3 Å². The fraction of sp³-hybridized carbons (Fsp3) is 0.545. The molecule has 0 aliphatic carbocycles. The lowest BCUT2D eigenvalue weighted by Crippen LogP contribution is -2.27. The molecule has 5 nitrogen and oxygen atoms in total. The molecule has 2 heterocycles. The summed E-state index contributed by atoms with van der Waals surface area (Å²) in [5, 5.41) is 10.7. The molecule has 1 saturated heterocycles. The van der Waals surface area contributed by atoms with E-state index in [-0.39, 0.29) is 12.2 Å². The summed E-state index contributed by atoms with van der Waals surface area (Å²) in [7, 11) is 3.33. The SMILES string of the molecule is COC1CN(c2csc(C(=O)O)c2)CC1OC. The Morgan fingerprint density at radius 3 is 2.41 bits per heavy atom. The third kappa shape index (κ3) is 2.43. The van der Waals surface area contributed by atoms with Crippen molar-refractivity contribution < 1.29 is 19.4 Å². The number of carbonyl (C=O) groups is 1. The number of nitrogens with zero attached hydrogens (tertiary/aromatic N) is 1. The van der Waals surface area contributed by atoms with E-state index in [1.165, 1.54) is 11.3 Å². The Balaban J connectivity index is 2.10. The molecule has 1 N–H and O–H groups in total. The Kier molecular flexibility index (Phi) is 3.66. The molecule has 1 fully saturated rings. The Morgan fingerprint density at radius 1 is 1.41 bits per heavy atom. The zero-order chi connectivity index (χ0) is 12.4. The lowest BCUT2D eigenvalue weighted by atomic mass is 10.3. The lowest BCUT2D eigenvalue weighted by Gasteiger charge is -2.15. The number of hydrogen-bond acceptors (Lipinski definition) is 5. The standard InChI is InChI=1S/C11H15NO4S/c1-15-8-4-12(5-9(8)16-2)7-3-10(11(13)14)17-6-7/h3,6,8-9H,4-5H2,1-2H3,(H,13,14). The van der Waals surface area contributed by atoms with Crippen molar-refractivity contribution in [2.45, 2.75) is 12.2 Å². The topological polar surface area (TPSA) is 59.0 Å². The molecule has 1 aromatic heterocycles. The van der Waals surface area contributed by atoms with Crippen LogP contribution in [-0.4, -0.2) is 50.6 Å². The summed E-state index contributed by atoms with van der Waals surface area (Å²) in [6.45, 7) is 1.45. The summed E-state index contributed by atoms with van der Waals surface area (Å²) in [6.07, 6.45) is 0.0707. The van der Waals surface area contributed by atoms with Gasteiger partial charge in [0.2, 0.25) is 0 Å². The van der Waals surface area contributed by atoms with E-state index in [4.69, 9.17) is 14.6 Å². The van der Waals surface area contributed by atoms with Gasteiger partial charge in [0.05, 0.1) is 0 Å². The number of carboxylic acid groups (broad SMARTS) is 1.